The Hall–Kier alpha value is -1.61. The summed E-state index contributed by atoms with van der Waals surface area (Å²) >= 11 is 1.69. The van der Waals surface area contributed by atoms with Crippen LogP contribution in [0, 0.1) is 6.92 Å². The van der Waals surface area contributed by atoms with Crippen molar-refractivity contribution < 1.29 is 9.36 Å². The molecule has 0 unspecified atom stereocenters. The van der Waals surface area contributed by atoms with Crippen molar-refractivity contribution in [3.8, 4) is 0 Å². The molecule has 0 saturated carbocycles. The molecule has 1 aromatic heterocycles. The van der Waals surface area contributed by atoms with Crippen LogP contribution in [0.3, 0.4) is 0 Å². The molecular weight excluding hydrogens is 242 g/mol. The fourth-order valence-electron chi connectivity index (χ4n) is 1.71. The lowest BCUT2D eigenvalue weighted by molar-refractivity contribution is -0.720. The first-order chi connectivity index (χ1) is 8.66. The van der Waals surface area contributed by atoms with Gasteiger partial charge in [0.25, 0.3) is 0 Å². The number of hydrogen-bond acceptors (Lipinski definition) is 2. The first kappa shape index (κ1) is 12.8. The van der Waals surface area contributed by atoms with Crippen molar-refractivity contribution >= 4 is 17.5 Å². The summed E-state index contributed by atoms with van der Waals surface area (Å²) in [6.45, 7) is 4.14. The molecule has 0 amide bonds. The zero-order valence-electron chi connectivity index (χ0n) is 10.6. The van der Waals surface area contributed by atoms with Gasteiger partial charge in [0.05, 0.1) is 0 Å². The summed E-state index contributed by atoms with van der Waals surface area (Å²) in [4.78, 5) is 12.5. The smallest absolute Gasteiger partial charge is 0.245 e. The average molecular weight is 258 g/mol. The highest BCUT2D eigenvalue weighted by atomic mass is 32.2. The molecule has 2 nitrogen and oxygen atoms in total. The number of carbonyl (C=O) groups excluding carboxylic acids is 1. The Bertz CT molecular complexity index is 566. The molecule has 0 atom stereocenters. The Morgan fingerprint density at radius 3 is 2.61 bits per heavy atom. The molecule has 1 aromatic carbocycles. The Balaban J connectivity index is 2.29. The minimum atomic E-state index is 0.165. The van der Waals surface area contributed by atoms with E-state index in [9.17, 15) is 4.79 Å². The van der Waals surface area contributed by atoms with Gasteiger partial charge in [-0.15, -0.1) is 0 Å². The third-order valence-electron chi connectivity index (χ3n) is 2.60. The van der Waals surface area contributed by atoms with E-state index in [0.717, 1.165) is 5.03 Å². The number of nitrogens with zero attached hydrogens (tertiary/aromatic N) is 1. The number of hydrogen-bond donors (Lipinski definition) is 0. The lowest BCUT2D eigenvalue weighted by Gasteiger charge is -2.04. The van der Waals surface area contributed by atoms with Crippen LogP contribution in [-0.2, 0) is 11.3 Å². The molecular formula is C15H16NOS+. The Labute approximate surface area is 112 Å². The fraction of sp³-hybridized carbons (Fsp3) is 0.200. The van der Waals surface area contributed by atoms with E-state index in [2.05, 4.69) is 19.1 Å². The van der Waals surface area contributed by atoms with Crippen molar-refractivity contribution in [2.45, 2.75) is 30.3 Å². The van der Waals surface area contributed by atoms with Crippen LogP contribution < -0.4 is 4.57 Å². The van der Waals surface area contributed by atoms with Gasteiger partial charge >= 0.3 is 0 Å². The minimum Gasteiger partial charge on any atom is -0.293 e. The summed E-state index contributed by atoms with van der Waals surface area (Å²) in [6, 6.07) is 14.3. The van der Waals surface area contributed by atoms with Gasteiger partial charge in [0.2, 0.25) is 11.6 Å². The molecule has 92 valence electrons. The molecule has 0 aliphatic rings. The summed E-state index contributed by atoms with van der Waals surface area (Å²) < 4.78 is 1.99. The second kappa shape index (κ2) is 5.83. The standard InChI is InChI=1S/C15H16NOS/c1-12-7-3-4-8-14(12)18-15-9-5-6-10-16(15)11-13(2)17/h3-10H,11H2,1-2H3/q+1. The van der Waals surface area contributed by atoms with Crippen LogP contribution in [0.25, 0.3) is 0 Å². The Morgan fingerprint density at radius 1 is 1.17 bits per heavy atom. The molecule has 3 heteroatoms. The highest BCUT2D eigenvalue weighted by molar-refractivity contribution is 7.99. The second-order valence-electron chi connectivity index (χ2n) is 4.24. The Kier molecular flexibility index (Phi) is 4.15. The molecule has 1 heterocycles. The highest BCUT2D eigenvalue weighted by Gasteiger charge is 2.13. The van der Waals surface area contributed by atoms with Gasteiger partial charge in [0.15, 0.2) is 12.0 Å². The molecule has 2 aromatic rings. The first-order valence-corrected chi connectivity index (χ1v) is 6.70. The van der Waals surface area contributed by atoms with Gasteiger partial charge in [-0.3, -0.25) is 4.79 Å². The van der Waals surface area contributed by atoms with Gasteiger partial charge in [0, 0.05) is 24.0 Å². The van der Waals surface area contributed by atoms with Crippen molar-refractivity contribution in [2.24, 2.45) is 0 Å². The van der Waals surface area contributed by atoms with E-state index in [1.54, 1.807) is 18.7 Å². The lowest BCUT2D eigenvalue weighted by atomic mass is 10.2. The summed E-state index contributed by atoms with van der Waals surface area (Å²) in [5.74, 6) is 0.165. The van der Waals surface area contributed by atoms with Crippen LogP contribution in [0.1, 0.15) is 12.5 Å². The minimum absolute atomic E-state index is 0.165. The number of pyridine rings is 1. The van der Waals surface area contributed by atoms with E-state index < -0.39 is 0 Å². The van der Waals surface area contributed by atoms with Crippen LogP contribution in [0.5, 0.6) is 0 Å². The Morgan fingerprint density at radius 2 is 1.89 bits per heavy atom. The molecule has 2 rings (SSSR count). The SMILES string of the molecule is CC(=O)C[n+]1ccccc1Sc1ccccc1C. The predicted octanol–water partition coefficient (Wildman–Crippen LogP) is 3.02. The lowest BCUT2D eigenvalue weighted by Crippen LogP contribution is -2.38. The first-order valence-electron chi connectivity index (χ1n) is 5.88. The molecule has 0 aliphatic heterocycles. The van der Waals surface area contributed by atoms with Crippen LogP contribution in [0.4, 0.5) is 0 Å². The van der Waals surface area contributed by atoms with E-state index in [4.69, 9.17) is 0 Å². The summed E-state index contributed by atoms with van der Waals surface area (Å²) in [6.07, 6.45) is 1.95. The zero-order valence-corrected chi connectivity index (χ0v) is 11.4. The molecule has 18 heavy (non-hydrogen) atoms. The van der Waals surface area contributed by atoms with E-state index >= 15 is 0 Å². The average Bonchev–Trinajstić information content (AvgIpc) is 2.34. The third-order valence-corrected chi connectivity index (χ3v) is 3.86. The highest BCUT2D eigenvalue weighted by Crippen LogP contribution is 2.27. The number of aromatic nitrogens is 1. The number of rotatable bonds is 4. The van der Waals surface area contributed by atoms with Crippen molar-refractivity contribution in [1.29, 1.82) is 0 Å². The second-order valence-corrected chi connectivity index (χ2v) is 5.30. The van der Waals surface area contributed by atoms with Crippen molar-refractivity contribution in [3.63, 3.8) is 0 Å². The molecule has 0 N–H and O–H groups in total. The van der Waals surface area contributed by atoms with E-state index in [1.165, 1.54) is 10.5 Å². The van der Waals surface area contributed by atoms with Crippen molar-refractivity contribution in [1.82, 2.24) is 0 Å². The summed E-state index contributed by atoms with van der Waals surface area (Å²) in [7, 11) is 0. The van der Waals surface area contributed by atoms with Gasteiger partial charge in [-0.1, -0.05) is 18.2 Å². The van der Waals surface area contributed by atoms with Gasteiger partial charge < -0.3 is 0 Å². The van der Waals surface area contributed by atoms with Crippen molar-refractivity contribution in [3.05, 3.63) is 54.2 Å². The molecule has 0 fully saturated rings. The molecule has 0 spiro atoms. The van der Waals surface area contributed by atoms with Crippen LogP contribution in [0.15, 0.2) is 58.6 Å². The van der Waals surface area contributed by atoms with E-state index in [0.29, 0.717) is 6.54 Å². The third kappa shape index (κ3) is 3.20. The van der Waals surface area contributed by atoms with Crippen LogP contribution in [-0.4, -0.2) is 5.78 Å². The zero-order chi connectivity index (χ0) is 13.0. The maximum atomic E-state index is 11.3. The van der Waals surface area contributed by atoms with Gasteiger partial charge in [-0.2, -0.15) is 4.57 Å². The quantitative estimate of drug-likeness (QED) is 0.786. The summed E-state index contributed by atoms with van der Waals surface area (Å²) in [5.41, 5.74) is 1.25. The predicted molar refractivity (Wildman–Crippen MR) is 72.6 cm³/mol. The van der Waals surface area contributed by atoms with Crippen LogP contribution in [0.2, 0.25) is 0 Å². The number of Topliss-reactive ketones (excluding diaryl/α,β-unsaturated/α-hetero) is 1. The van der Waals surface area contributed by atoms with Crippen molar-refractivity contribution in [2.75, 3.05) is 0 Å². The van der Waals surface area contributed by atoms with Crippen LogP contribution >= 0.6 is 11.8 Å². The largest absolute Gasteiger partial charge is 0.293 e. The number of carbonyl (C=O) groups is 1. The van der Waals surface area contributed by atoms with Gasteiger partial charge in [-0.05, 0) is 36.4 Å². The topological polar surface area (TPSA) is 20.9 Å². The maximum Gasteiger partial charge on any atom is 0.245 e. The number of benzene rings is 1. The molecule has 0 aliphatic carbocycles. The fourth-order valence-corrected chi connectivity index (χ4v) is 2.70. The monoisotopic (exact) mass is 258 g/mol. The summed E-state index contributed by atoms with van der Waals surface area (Å²) in [5, 5.41) is 1.09. The van der Waals surface area contributed by atoms with Gasteiger partial charge in [-0.25, -0.2) is 0 Å². The molecule has 0 bridgehead atoms. The molecule has 0 radical (unpaired) electrons. The van der Waals surface area contributed by atoms with E-state index in [1.807, 2.05) is 41.1 Å². The number of ketones is 1. The van der Waals surface area contributed by atoms with E-state index in [-0.39, 0.29) is 5.78 Å². The van der Waals surface area contributed by atoms with Gasteiger partial charge in [0.1, 0.15) is 0 Å². The number of aryl methyl sites for hydroxylation is 1. The maximum absolute atomic E-state index is 11.3. The normalized spacial score (nSPS) is 10.3. The molecule has 0 saturated heterocycles.